The highest BCUT2D eigenvalue weighted by atomic mass is 79.9. The van der Waals surface area contributed by atoms with Crippen molar-refractivity contribution < 1.29 is 9.53 Å². The van der Waals surface area contributed by atoms with E-state index in [0.29, 0.717) is 17.4 Å². The molecule has 1 saturated heterocycles. The third kappa shape index (κ3) is 2.84. The van der Waals surface area contributed by atoms with Crippen LogP contribution < -0.4 is 10.1 Å². The number of carbonyl (C=O) groups is 1. The van der Waals surface area contributed by atoms with E-state index in [1.165, 1.54) is 0 Å². The molecule has 1 aliphatic heterocycles. The van der Waals surface area contributed by atoms with Gasteiger partial charge < -0.3 is 15.0 Å². The minimum Gasteiger partial charge on any atom is -0.496 e. The molecule has 0 bridgehead atoms. The number of ether oxygens (including phenoxy) is 1. The van der Waals surface area contributed by atoms with E-state index in [9.17, 15) is 4.79 Å². The second kappa shape index (κ2) is 5.71. The molecule has 1 N–H and O–H groups in total. The van der Waals surface area contributed by atoms with Crippen molar-refractivity contribution in [1.29, 1.82) is 0 Å². The summed E-state index contributed by atoms with van der Waals surface area (Å²) in [7, 11) is 1.58. The van der Waals surface area contributed by atoms with Gasteiger partial charge in [0, 0.05) is 30.1 Å². The van der Waals surface area contributed by atoms with Gasteiger partial charge in [-0.1, -0.05) is 15.9 Å². The molecule has 0 spiro atoms. The fourth-order valence-electron chi connectivity index (χ4n) is 2.13. The molecule has 2 rings (SSSR count). The van der Waals surface area contributed by atoms with Crippen LogP contribution in [-0.4, -0.2) is 43.6 Å². The zero-order valence-corrected chi connectivity index (χ0v) is 12.2. The van der Waals surface area contributed by atoms with E-state index in [2.05, 4.69) is 28.2 Å². The van der Waals surface area contributed by atoms with E-state index >= 15 is 0 Å². The van der Waals surface area contributed by atoms with Crippen LogP contribution in [0.4, 0.5) is 0 Å². The van der Waals surface area contributed by atoms with Crippen LogP contribution in [0.5, 0.6) is 5.75 Å². The summed E-state index contributed by atoms with van der Waals surface area (Å²) in [6, 6.07) is 5.82. The van der Waals surface area contributed by atoms with E-state index < -0.39 is 0 Å². The Balaban J connectivity index is 2.22. The third-order valence-electron chi connectivity index (χ3n) is 3.05. The van der Waals surface area contributed by atoms with Gasteiger partial charge in [0.05, 0.1) is 12.7 Å². The van der Waals surface area contributed by atoms with Gasteiger partial charge in [-0.15, -0.1) is 0 Å². The Kier molecular flexibility index (Phi) is 4.24. The Labute approximate surface area is 115 Å². The molecular formula is C13H17BrN2O2. The number of amides is 1. The van der Waals surface area contributed by atoms with Crippen LogP contribution in [0.25, 0.3) is 0 Å². The molecule has 1 fully saturated rings. The molecule has 1 atom stereocenters. The van der Waals surface area contributed by atoms with E-state index in [1.54, 1.807) is 13.2 Å². The number of rotatable bonds is 2. The van der Waals surface area contributed by atoms with E-state index in [-0.39, 0.29) is 5.91 Å². The topological polar surface area (TPSA) is 41.6 Å². The summed E-state index contributed by atoms with van der Waals surface area (Å²) in [4.78, 5) is 14.3. The Hall–Kier alpha value is -1.07. The lowest BCUT2D eigenvalue weighted by atomic mass is 10.1. The predicted molar refractivity (Wildman–Crippen MR) is 74.1 cm³/mol. The average Bonchev–Trinajstić information content (AvgIpc) is 2.37. The first-order valence-corrected chi connectivity index (χ1v) is 6.77. The second-order valence-corrected chi connectivity index (χ2v) is 5.37. The fraction of sp³-hybridized carbons (Fsp3) is 0.462. The third-order valence-corrected chi connectivity index (χ3v) is 3.54. The molecule has 4 nitrogen and oxygen atoms in total. The van der Waals surface area contributed by atoms with Crippen molar-refractivity contribution in [3.63, 3.8) is 0 Å². The Bertz CT molecular complexity index is 451. The number of nitrogens with zero attached hydrogens (tertiary/aromatic N) is 1. The van der Waals surface area contributed by atoms with Crippen molar-refractivity contribution in [3.05, 3.63) is 28.2 Å². The first-order chi connectivity index (χ1) is 8.61. The van der Waals surface area contributed by atoms with Crippen LogP contribution in [0.3, 0.4) is 0 Å². The first kappa shape index (κ1) is 13.4. The van der Waals surface area contributed by atoms with Gasteiger partial charge in [0.1, 0.15) is 5.75 Å². The quantitative estimate of drug-likeness (QED) is 0.907. The summed E-state index contributed by atoms with van der Waals surface area (Å²) in [5, 5.41) is 3.32. The van der Waals surface area contributed by atoms with Crippen LogP contribution in [0, 0.1) is 0 Å². The highest BCUT2D eigenvalue weighted by Gasteiger charge is 2.23. The van der Waals surface area contributed by atoms with Crippen LogP contribution in [0.2, 0.25) is 0 Å². The highest BCUT2D eigenvalue weighted by molar-refractivity contribution is 9.10. The monoisotopic (exact) mass is 312 g/mol. The van der Waals surface area contributed by atoms with Crippen LogP contribution >= 0.6 is 15.9 Å². The van der Waals surface area contributed by atoms with Crippen LogP contribution in [0.1, 0.15) is 17.3 Å². The van der Waals surface area contributed by atoms with Crippen molar-refractivity contribution >= 4 is 21.8 Å². The largest absolute Gasteiger partial charge is 0.496 e. The summed E-state index contributed by atoms with van der Waals surface area (Å²) in [6.45, 7) is 4.39. The van der Waals surface area contributed by atoms with Crippen molar-refractivity contribution in [1.82, 2.24) is 10.2 Å². The van der Waals surface area contributed by atoms with E-state index in [1.807, 2.05) is 17.0 Å². The first-order valence-electron chi connectivity index (χ1n) is 5.98. The highest BCUT2D eigenvalue weighted by Crippen LogP contribution is 2.25. The number of halogens is 1. The zero-order chi connectivity index (χ0) is 13.1. The normalized spacial score (nSPS) is 19.7. The van der Waals surface area contributed by atoms with Crippen LogP contribution in [-0.2, 0) is 0 Å². The van der Waals surface area contributed by atoms with Crippen molar-refractivity contribution in [3.8, 4) is 5.75 Å². The van der Waals surface area contributed by atoms with Gasteiger partial charge in [-0.05, 0) is 25.1 Å². The van der Waals surface area contributed by atoms with Gasteiger partial charge in [-0.2, -0.15) is 0 Å². The molecule has 1 heterocycles. The molecular weight excluding hydrogens is 296 g/mol. The summed E-state index contributed by atoms with van der Waals surface area (Å²) in [5.74, 6) is 0.647. The molecule has 5 heteroatoms. The van der Waals surface area contributed by atoms with Gasteiger partial charge in [-0.3, -0.25) is 4.79 Å². The predicted octanol–water partition coefficient (Wildman–Crippen LogP) is 1.89. The lowest BCUT2D eigenvalue weighted by Crippen LogP contribution is -2.51. The summed E-state index contributed by atoms with van der Waals surface area (Å²) in [5.41, 5.74) is 0.620. The number of hydrogen-bond acceptors (Lipinski definition) is 3. The molecule has 0 unspecified atom stereocenters. The molecule has 0 aliphatic carbocycles. The standard InChI is InChI=1S/C13H17BrN2O2/c1-9-8-16(6-5-15-9)13(17)11-4-3-10(14)7-12(11)18-2/h3-4,7,9,15H,5-6,8H2,1-2H3/t9-/m1/s1. The molecule has 1 amide bonds. The summed E-state index contributed by atoms with van der Waals surface area (Å²) < 4.78 is 6.18. The van der Waals surface area contributed by atoms with E-state index in [4.69, 9.17) is 4.74 Å². The minimum atomic E-state index is 0.0349. The Morgan fingerprint density at radius 2 is 2.33 bits per heavy atom. The summed E-state index contributed by atoms with van der Waals surface area (Å²) >= 11 is 3.38. The maximum atomic E-state index is 12.4. The number of carbonyl (C=O) groups excluding carboxylic acids is 1. The number of methoxy groups -OCH3 is 1. The van der Waals surface area contributed by atoms with Gasteiger partial charge >= 0.3 is 0 Å². The molecule has 1 aliphatic rings. The molecule has 0 radical (unpaired) electrons. The van der Waals surface area contributed by atoms with Crippen LogP contribution in [0.15, 0.2) is 22.7 Å². The lowest BCUT2D eigenvalue weighted by molar-refractivity contribution is 0.0705. The van der Waals surface area contributed by atoms with Gasteiger partial charge in [0.2, 0.25) is 0 Å². The molecule has 1 aromatic rings. The zero-order valence-electron chi connectivity index (χ0n) is 10.6. The molecule has 0 saturated carbocycles. The van der Waals surface area contributed by atoms with Gasteiger partial charge in [0.15, 0.2) is 0 Å². The maximum absolute atomic E-state index is 12.4. The number of piperazine rings is 1. The van der Waals surface area contributed by atoms with Crippen molar-refractivity contribution in [2.45, 2.75) is 13.0 Å². The SMILES string of the molecule is COc1cc(Br)ccc1C(=O)N1CCN[C@H](C)C1. The number of benzene rings is 1. The fourth-order valence-corrected chi connectivity index (χ4v) is 2.47. The number of hydrogen-bond donors (Lipinski definition) is 1. The van der Waals surface area contributed by atoms with Gasteiger partial charge in [0.25, 0.3) is 5.91 Å². The minimum absolute atomic E-state index is 0.0349. The lowest BCUT2D eigenvalue weighted by Gasteiger charge is -2.32. The molecule has 18 heavy (non-hydrogen) atoms. The summed E-state index contributed by atoms with van der Waals surface area (Å²) in [6.07, 6.45) is 0. The molecule has 98 valence electrons. The van der Waals surface area contributed by atoms with Crippen molar-refractivity contribution in [2.75, 3.05) is 26.7 Å². The molecule has 1 aromatic carbocycles. The Morgan fingerprint density at radius 1 is 1.56 bits per heavy atom. The van der Waals surface area contributed by atoms with Crippen molar-refractivity contribution in [2.24, 2.45) is 0 Å². The average molecular weight is 313 g/mol. The van der Waals surface area contributed by atoms with Gasteiger partial charge in [-0.25, -0.2) is 0 Å². The smallest absolute Gasteiger partial charge is 0.257 e. The second-order valence-electron chi connectivity index (χ2n) is 4.45. The Morgan fingerprint density at radius 3 is 3.00 bits per heavy atom. The molecule has 0 aromatic heterocycles. The maximum Gasteiger partial charge on any atom is 0.257 e. The number of nitrogens with one attached hydrogen (secondary N) is 1. The van der Waals surface area contributed by atoms with E-state index in [0.717, 1.165) is 24.1 Å².